The number of nitrogens with zero attached hydrogens (tertiary/aromatic N) is 7. The van der Waals surface area contributed by atoms with Gasteiger partial charge >= 0.3 is 0 Å². The van der Waals surface area contributed by atoms with Gasteiger partial charge in [-0.25, -0.2) is 13.6 Å². The minimum atomic E-state index is -0.633. The SMILES string of the molecule is [C-]#[N+]c1ccc(N2C[C@@H](C)N(C(=O)Cc3cc(F)c(N4CCC(CN5CCN(c6ccc7c(c6)CN([C@H]6CCC(=O)NC6=O)C7=O)CC5)CC4)cc3F)C[C@@H]2C)cc1Cl. The standard InChI is InChI=1S/C44H49ClF2N8O4/c1-27-24-54(28(2)23-53(27)33-5-7-38(48-3)35(45)21-33)42(57)20-30-19-37(47)40(22-36(30)46)52-12-10-29(11-13-52)25-50-14-16-51(17-15-50)32-4-6-34-31(18-32)26-55(44(34)59)39-8-9-41(56)49-43(39)58/h4-7,18-19,21-22,27-29,39H,8-17,20,23-26H2,1-2H3,(H,49,56,58)/t27-,28+,39-/m0/s1. The van der Waals surface area contributed by atoms with Crippen molar-refractivity contribution in [3.05, 3.63) is 93.3 Å². The molecule has 3 atom stereocenters. The van der Waals surface area contributed by atoms with E-state index >= 15 is 8.78 Å². The molecule has 5 aliphatic heterocycles. The molecule has 15 heteroatoms. The highest BCUT2D eigenvalue weighted by Gasteiger charge is 2.39. The lowest BCUT2D eigenvalue weighted by atomic mass is 9.95. The van der Waals surface area contributed by atoms with Gasteiger partial charge in [0.2, 0.25) is 23.4 Å². The molecule has 5 heterocycles. The molecule has 4 fully saturated rings. The Hall–Kier alpha value is -5.26. The van der Waals surface area contributed by atoms with E-state index in [2.05, 4.69) is 30.9 Å². The summed E-state index contributed by atoms with van der Waals surface area (Å²) in [7, 11) is 0. The Morgan fingerprint density at radius 2 is 1.59 bits per heavy atom. The average molecular weight is 827 g/mol. The van der Waals surface area contributed by atoms with Crippen LogP contribution in [-0.4, -0.2) is 115 Å². The summed E-state index contributed by atoms with van der Waals surface area (Å²) in [4.78, 5) is 66.3. The number of imide groups is 1. The molecule has 0 bridgehead atoms. The highest BCUT2D eigenvalue weighted by molar-refractivity contribution is 6.33. The lowest BCUT2D eigenvalue weighted by Crippen LogP contribution is -2.58. The number of hydrogen-bond acceptors (Lipinski definition) is 8. The van der Waals surface area contributed by atoms with Gasteiger partial charge in [-0.05, 0) is 81.0 Å². The first-order chi connectivity index (χ1) is 28.4. The van der Waals surface area contributed by atoms with Gasteiger partial charge in [0, 0.05) is 118 Å². The highest BCUT2D eigenvalue weighted by atomic mass is 35.5. The number of piperidine rings is 2. The van der Waals surface area contributed by atoms with Gasteiger partial charge in [-0.15, -0.1) is 0 Å². The monoisotopic (exact) mass is 826 g/mol. The van der Waals surface area contributed by atoms with Gasteiger partial charge < -0.3 is 24.5 Å². The van der Waals surface area contributed by atoms with Crippen LogP contribution in [0, 0.1) is 24.1 Å². The van der Waals surface area contributed by atoms with Crippen LogP contribution in [0.15, 0.2) is 48.5 Å². The lowest BCUT2D eigenvalue weighted by Gasteiger charge is -2.45. The number of carbonyl (C=O) groups is 4. The second kappa shape index (κ2) is 16.8. The van der Waals surface area contributed by atoms with Crippen molar-refractivity contribution in [3.63, 3.8) is 0 Å². The molecule has 4 saturated heterocycles. The number of benzene rings is 3. The Labute approximate surface area is 348 Å². The van der Waals surface area contributed by atoms with Crippen LogP contribution in [0.3, 0.4) is 0 Å². The summed E-state index contributed by atoms with van der Waals surface area (Å²) in [6.07, 6.45) is 2.06. The zero-order chi connectivity index (χ0) is 41.5. The van der Waals surface area contributed by atoms with Gasteiger partial charge in [-0.2, -0.15) is 0 Å². The number of halogens is 3. The Morgan fingerprint density at radius 3 is 2.31 bits per heavy atom. The number of rotatable bonds is 8. The Balaban J connectivity index is 0.799. The maximum atomic E-state index is 15.6. The molecule has 0 saturated carbocycles. The fraction of sp³-hybridized carbons (Fsp3) is 0.477. The van der Waals surface area contributed by atoms with E-state index in [1.54, 1.807) is 21.9 Å². The third kappa shape index (κ3) is 8.32. The molecule has 0 aliphatic carbocycles. The topological polar surface area (TPSA) is 104 Å². The quantitative estimate of drug-likeness (QED) is 0.230. The van der Waals surface area contributed by atoms with E-state index in [1.165, 1.54) is 12.1 Å². The molecule has 1 N–H and O–H groups in total. The molecule has 310 valence electrons. The second-order valence-electron chi connectivity index (χ2n) is 16.7. The zero-order valence-corrected chi connectivity index (χ0v) is 34.2. The lowest BCUT2D eigenvalue weighted by molar-refractivity contribution is -0.137. The van der Waals surface area contributed by atoms with E-state index < -0.39 is 23.6 Å². The van der Waals surface area contributed by atoms with Crippen LogP contribution < -0.4 is 20.0 Å². The predicted octanol–water partition coefficient (Wildman–Crippen LogP) is 5.64. The van der Waals surface area contributed by atoms with Crippen LogP contribution >= 0.6 is 11.6 Å². The van der Waals surface area contributed by atoms with Crippen LogP contribution in [0.1, 0.15) is 61.0 Å². The molecule has 8 rings (SSSR count). The van der Waals surface area contributed by atoms with E-state index in [9.17, 15) is 19.2 Å². The van der Waals surface area contributed by atoms with E-state index in [0.29, 0.717) is 61.3 Å². The Bertz CT molecular complexity index is 2200. The molecular weight excluding hydrogens is 778 g/mol. The van der Waals surface area contributed by atoms with E-state index in [4.69, 9.17) is 18.2 Å². The Kier molecular flexibility index (Phi) is 11.5. The first-order valence-electron chi connectivity index (χ1n) is 20.6. The van der Waals surface area contributed by atoms with Gasteiger partial charge in [0.05, 0.1) is 18.7 Å². The molecule has 5 aliphatic rings. The summed E-state index contributed by atoms with van der Waals surface area (Å²) in [6.45, 7) is 18.1. The fourth-order valence-corrected chi connectivity index (χ4v) is 9.70. The van der Waals surface area contributed by atoms with E-state index in [-0.39, 0.29) is 53.9 Å². The van der Waals surface area contributed by atoms with Crippen molar-refractivity contribution >= 4 is 58.0 Å². The number of hydrogen-bond donors (Lipinski definition) is 1. The smallest absolute Gasteiger partial charge is 0.255 e. The van der Waals surface area contributed by atoms with Crippen molar-refractivity contribution in [1.82, 2.24) is 20.0 Å². The van der Waals surface area contributed by atoms with Gasteiger partial charge in [-0.3, -0.25) is 29.4 Å². The van der Waals surface area contributed by atoms with E-state index in [0.717, 1.165) is 62.5 Å². The van der Waals surface area contributed by atoms with Gasteiger partial charge in [0.1, 0.15) is 17.7 Å². The molecule has 59 heavy (non-hydrogen) atoms. The molecule has 3 aromatic carbocycles. The summed E-state index contributed by atoms with van der Waals surface area (Å²) in [6, 6.07) is 12.8. The van der Waals surface area contributed by atoms with Crippen LogP contribution in [-0.2, 0) is 27.3 Å². The van der Waals surface area contributed by atoms with Gasteiger partial charge in [-0.1, -0.05) is 17.7 Å². The summed E-state index contributed by atoms with van der Waals surface area (Å²) in [5.74, 6) is -1.79. The van der Waals surface area contributed by atoms with Crippen molar-refractivity contribution in [2.75, 3.05) is 73.6 Å². The highest BCUT2D eigenvalue weighted by Crippen LogP contribution is 2.34. The van der Waals surface area contributed by atoms with Crippen molar-refractivity contribution in [2.45, 2.75) is 70.6 Å². The average Bonchev–Trinajstić information content (AvgIpc) is 3.55. The summed E-state index contributed by atoms with van der Waals surface area (Å²) in [5.41, 5.74) is 4.10. The minimum absolute atomic E-state index is 0.0473. The van der Waals surface area contributed by atoms with Crippen molar-refractivity contribution < 1.29 is 28.0 Å². The summed E-state index contributed by atoms with van der Waals surface area (Å²) >= 11 is 6.29. The molecule has 0 spiro atoms. The van der Waals surface area contributed by atoms with Crippen molar-refractivity contribution in [3.8, 4) is 0 Å². The molecule has 0 radical (unpaired) electrons. The van der Waals surface area contributed by atoms with Gasteiger partial charge in [0.25, 0.3) is 5.91 Å². The molecule has 12 nitrogen and oxygen atoms in total. The Morgan fingerprint density at radius 1 is 0.847 bits per heavy atom. The van der Waals surface area contributed by atoms with Crippen LogP contribution in [0.25, 0.3) is 4.85 Å². The zero-order valence-electron chi connectivity index (χ0n) is 33.4. The van der Waals surface area contributed by atoms with Crippen LogP contribution in [0.4, 0.5) is 31.5 Å². The van der Waals surface area contributed by atoms with Crippen LogP contribution in [0.2, 0.25) is 5.02 Å². The number of fused-ring (bicyclic) bond motifs is 1. The summed E-state index contributed by atoms with van der Waals surface area (Å²) in [5, 5.41) is 2.73. The first kappa shape index (κ1) is 40.5. The number of anilines is 3. The first-order valence-corrected chi connectivity index (χ1v) is 21.0. The molecule has 0 unspecified atom stereocenters. The predicted molar refractivity (Wildman–Crippen MR) is 222 cm³/mol. The minimum Gasteiger partial charge on any atom is -0.369 e. The number of nitrogens with one attached hydrogen (secondary N) is 1. The third-order valence-corrected chi connectivity index (χ3v) is 13.2. The largest absolute Gasteiger partial charge is 0.369 e. The maximum Gasteiger partial charge on any atom is 0.255 e. The number of carbonyl (C=O) groups excluding carboxylic acids is 4. The van der Waals surface area contributed by atoms with Crippen molar-refractivity contribution in [2.24, 2.45) is 5.92 Å². The fourth-order valence-electron chi connectivity index (χ4n) is 9.49. The van der Waals surface area contributed by atoms with Crippen LogP contribution in [0.5, 0.6) is 0 Å². The number of amides is 4. The normalized spacial score (nSPS) is 23.1. The molecule has 3 aromatic rings. The second-order valence-corrected chi connectivity index (χ2v) is 17.1. The molecular formula is C44H49ClF2N8O4. The number of piperazine rings is 2. The van der Waals surface area contributed by atoms with Gasteiger partial charge in [0.15, 0.2) is 0 Å². The third-order valence-electron chi connectivity index (χ3n) is 12.9. The van der Waals surface area contributed by atoms with Crippen molar-refractivity contribution in [1.29, 1.82) is 0 Å². The maximum absolute atomic E-state index is 15.6. The molecule has 0 aromatic heterocycles. The molecule has 4 amide bonds. The summed E-state index contributed by atoms with van der Waals surface area (Å²) < 4.78 is 31.2. The van der Waals surface area contributed by atoms with E-state index in [1.807, 2.05) is 36.9 Å².